The number of carbonyl (C=O) groups is 1. The van der Waals surface area contributed by atoms with Crippen molar-refractivity contribution in [3.05, 3.63) is 66.0 Å². The molecule has 8 heteroatoms. The van der Waals surface area contributed by atoms with E-state index in [1.807, 2.05) is 68.4 Å². The molecule has 0 radical (unpaired) electrons. The van der Waals surface area contributed by atoms with Gasteiger partial charge in [-0.1, -0.05) is 35.9 Å². The molecule has 140 valence electrons. The van der Waals surface area contributed by atoms with Gasteiger partial charge in [0.2, 0.25) is 5.82 Å². The van der Waals surface area contributed by atoms with Crippen LogP contribution in [0.4, 0.5) is 5.69 Å². The minimum Gasteiger partial charge on any atom is -0.485 e. The topological polar surface area (TPSA) is 85.2 Å². The lowest BCUT2D eigenvalue weighted by atomic mass is 10.2. The summed E-state index contributed by atoms with van der Waals surface area (Å²) >= 11 is 0. The summed E-state index contributed by atoms with van der Waals surface area (Å²) in [5, 5.41) is 13.8. The fourth-order valence-electron chi connectivity index (χ4n) is 2.43. The maximum absolute atomic E-state index is 12.3. The number of para-hydroxylation sites is 1. The lowest BCUT2D eigenvalue weighted by Crippen LogP contribution is -2.44. The SMILES string of the molecule is CCN(NC(=O)Cn1nnc(COc2ccccc2)n1)c1ccc(C)cc1. The fourth-order valence-corrected chi connectivity index (χ4v) is 2.43. The Morgan fingerprint density at radius 3 is 2.59 bits per heavy atom. The zero-order valence-electron chi connectivity index (χ0n) is 15.4. The van der Waals surface area contributed by atoms with Crippen LogP contribution in [0.15, 0.2) is 54.6 Å². The van der Waals surface area contributed by atoms with Gasteiger partial charge in [-0.2, -0.15) is 4.80 Å². The molecule has 1 N–H and O–H groups in total. The predicted octanol–water partition coefficient (Wildman–Crippen LogP) is 2.12. The number of amides is 1. The van der Waals surface area contributed by atoms with E-state index < -0.39 is 0 Å². The number of hydrogen-bond acceptors (Lipinski definition) is 6. The molecule has 0 unspecified atom stereocenters. The van der Waals surface area contributed by atoms with Gasteiger partial charge in [0, 0.05) is 6.54 Å². The summed E-state index contributed by atoms with van der Waals surface area (Å²) < 4.78 is 5.57. The second-order valence-corrected chi connectivity index (χ2v) is 5.95. The van der Waals surface area contributed by atoms with Crippen LogP contribution >= 0.6 is 0 Å². The number of tetrazole rings is 1. The van der Waals surface area contributed by atoms with E-state index in [9.17, 15) is 4.79 Å². The summed E-state index contributed by atoms with van der Waals surface area (Å²) in [5.41, 5.74) is 4.93. The molecule has 27 heavy (non-hydrogen) atoms. The molecule has 0 aliphatic heterocycles. The number of aryl methyl sites for hydroxylation is 1. The molecule has 0 fully saturated rings. The monoisotopic (exact) mass is 366 g/mol. The van der Waals surface area contributed by atoms with Crippen LogP contribution in [0.1, 0.15) is 18.3 Å². The number of nitrogens with zero attached hydrogens (tertiary/aromatic N) is 5. The molecule has 0 aliphatic rings. The molecular formula is C19H22N6O2. The lowest BCUT2D eigenvalue weighted by Gasteiger charge is -2.23. The van der Waals surface area contributed by atoms with Crippen LogP contribution in [-0.4, -0.2) is 32.7 Å². The van der Waals surface area contributed by atoms with E-state index in [1.165, 1.54) is 4.80 Å². The predicted molar refractivity (Wildman–Crippen MR) is 101 cm³/mol. The highest BCUT2D eigenvalue weighted by molar-refractivity contribution is 5.77. The number of benzene rings is 2. The number of hydrazine groups is 1. The minimum atomic E-state index is -0.231. The summed E-state index contributed by atoms with van der Waals surface area (Å²) in [7, 11) is 0. The van der Waals surface area contributed by atoms with Gasteiger partial charge in [-0.25, -0.2) is 0 Å². The van der Waals surface area contributed by atoms with Crippen LogP contribution in [0.3, 0.4) is 0 Å². The van der Waals surface area contributed by atoms with Gasteiger partial charge in [-0.15, -0.1) is 10.2 Å². The third-order valence-electron chi connectivity index (χ3n) is 3.81. The zero-order valence-corrected chi connectivity index (χ0v) is 15.4. The van der Waals surface area contributed by atoms with Crippen LogP contribution in [0.2, 0.25) is 0 Å². The number of rotatable bonds is 8. The molecule has 2 aromatic carbocycles. The Bertz CT molecular complexity index is 863. The van der Waals surface area contributed by atoms with E-state index >= 15 is 0 Å². The summed E-state index contributed by atoms with van der Waals surface area (Å²) in [5.74, 6) is 0.908. The van der Waals surface area contributed by atoms with Crippen molar-refractivity contribution < 1.29 is 9.53 Å². The minimum absolute atomic E-state index is 0.0271. The third kappa shape index (κ3) is 5.27. The van der Waals surface area contributed by atoms with Crippen LogP contribution in [0.25, 0.3) is 0 Å². The van der Waals surface area contributed by atoms with Crippen LogP contribution in [0, 0.1) is 6.92 Å². The highest BCUT2D eigenvalue weighted by atomic mass is 16.5. The van der Waals surface area contributed by atoms with Gasteiger partial charge in [0.25, 0.3) is 5.91 Å². The zero-order chi connectivity index (χ0) is 19.1. The molecule has 8 nitrogen and oxygen atoms in total. The Morgan fingerprint density at radius 1 is 1.15 bits per heavy atom. The molecule has 0 aliphatic carbocycles. The van der Waals surface area contributed by atoms with Gasteiger partial charge in [-0.05, 0) is 43.3 Å². The molecule has 0 saturated carbocycles. The molecule has 1 heterocycles. The first-order valence-electron chi connectivity index (χ1n) is 8.72. The first kappa shape index (κ1) is 18.4. The van der Waals surface area contributed by atoms with Crippen molar-refractivity contribution in [1.29, 1.82) is 0 Å². The van der Waals surface area contributed by atoms with Crippen molar-refractivity contribution >= 4 is 11.6 Å². The maximum atomic E-state index is 12.3. The lowest BCUT2D eigenvalue weighted by molar-refractivity contribution is -0.122. The molecule has 1 aromatic heterocycles. The molecule has 0 bridgehead atoms. The Kier molecular flexibility index (Phi) is 5.98. The van der Waals surface area contributed by atoms with Gasteiger partial charge in [0.15, 0.2) is 6.61 Å². The Morgan fingerprint density at radius 2 is 1.89 bits per heavy atom. The molecular weight excluding hydrogens is 344 g/mol. The average Bonchev–Trinajstić information content (AvgIpc) is 3.13. The number of nitrogens with one attached hydrogen (secondary N) is 1. The second-order valence-electron chi connectivity index (χ2n) is 5.95. The molecule has 0 spiro atoms. The normalized spacial score (nSPS) is 10.4. The summed E-state index contributed by atoms with van der Waals surface area (Å²) in [6.45, 7) is 4.79. The van der Waals surface area contributed by atoms with E-state index in [1.54, 1.807) is 5.01 Å². The Hall–Kier alpha value is -3.42. The molecule has 3 rings (SSSR count). The van der Waals surface area contributed by atoms with Gasteiger partial charge in [0.05, 0.1) is 5.69 Å². The molecule has 0 atom stereocenters. The van der Waals surface area contributed by atoms with E-state index in [0.717, 1.165) is 17.0 Å². The smallest absolute Gasteiger partial charge is 0.262 e. The van der Waals surface area contributed by atoms with Gasteiger partial charge in [-0.3, -0.25) is 15.2 Å². The van der Waals surface area contributed by atoms with Crippen molar-refractivity contribution in [2.45, 2.75) is 27.0 Å². The van der Waals surface area contributed by atoms with Crippen LogP contribution in [0.5, 0.6) is 5.75 Å². The van der Waals surface area contributed by atoms with Crippen molar-refractivity contribution in [3.8, 4) is 5.75 Å². The number of ether oxygens (including phenoxy) is 1. The quantitative estimate of drug-likeness (QED) is 0.615. The third-order valence-corrected chi connectivity index (χ3v) is 3.81. The first-order valence-corrected chi connectivity index (χ1v) is 8.72. The van der Waals surface area contributed by atoms with E-state index in [2.05, 4.69) is 20.8 Å². The standard InChI is InChI=1S/C19H22N6O2/c1-3-24(16-11-9-15(2)10-12-16)22-19(26)13-25-21-18(20-23-25)14-27-17-7-5-4-6-8-17/h4-12H,3,13-14H2,1-2H3,(H,22,26). The Labute approximate surface area is 157 Å². The van der Waals surface area contributed by atoms with E-state index in [4.69, 9.17) is 4.74 Å². The highest BCUT2D eigenvalue weighted by Gasteiger charge is 2.12. The van der Waals surface area contributed by atoms with E-state index in [0.29, 0.717) is 12.4 Å². The molecule has 1 amide bonds. The van der Waals surface area contributed by atoms with E-state index in [-0.39, 0.29) is 19.1 Å². The highest BCUT2D eigenvalue weighted by Crippen LogP contribution is 2.13. The van der Waals surface area contributed by atoms with Crippen molar-refractivity contribution in [3.63, 3.8) is 0 Å². The largest absolute Gasteiger partial charge is 0.485 e. The summed E-state index contributed by atoms with van der Waals surface area (Å²) in [4.78, 5) is 13.5. The number of aromatic nitrogens is 4. The summed E-state index contributed by atoms with van der Waals surface area (Å²) in [6, 6.07) is 17.3. The van der Waals surface area contributed by atoms with Gasteiger partial charge >= 0.3 is 0 Å². The molecule has 3 aromatic rings. The summed E-state index contributed by atoms with van der Waals surface area (Å²) in [6.07, 6.45) is 0. The number of anilines is 1. The Balaban J connectivity index is 1.53. The van der Waals surface area contributed by atoms with Crippen molar-refractivity contribution in [2.24, 2.45) is 0 Å². The fraction of sp³-hybridized carbons (Fsp3) is 0.263. The van der Waals surface area contributed by atoms with Gasteiger partial charge in [0.1, 0.15) is 12.3 Å². The molecule has 0 saturated heterocycles. The van der Waals surface area contributed by atoms with Crippen LogP contribution < -0.4 is 15.2 Å². The number of carbonyl (C=O) groups excluding carboxylic acids is 1. The van der Waals surface area contributed by atoms with Crippen LogP contribution in [-0.2, 0) is 17.9 Å². The maximum Gasteiger partial charge on any atom is 0.262 e. The van der Waals surface area contributed by atoms with Crippen molar-refractivity contribution in [2.75, 3.05) is 11.6 Å². The number of hydrogen-bond donors (Lipinski definition) is 1. The first-order chi connectivity index (χ1) is 13.1. The average molecular weight is 366 g/mol. The van der Waals surface area contributed by atoms with Crippen molar-refractivity contribution in [1.82, 2.24) is 25.6 Å². The second kappa shape index (κ2) is 8.79. The van der Waals surface area contributed by atoms with Gasteiger partial charge < -0.3 is 4.74 Å².